The monoisotopic (exact) mass is 280 g/mol. The van der Waals surface area contributed by atoms with Crippen LogP contribution in [0.5, 0.6) is 0 Å². The second-order valence-corrected chi connectivity index (χ2v) is 5.30. The third-order valence-corrected chi connectivity index (χ3v) is 2.28. The van der Waals surface area contributed by atoms with Crippen molar-refractivity contribution in [2.24, 2.45) is 0 Å². The minimum atomic E-state index is -0.512. The lowest BCUT2D eigenvalue weighted by molar-refractivity contribution is 0.0535. The molecule has 1 rings (SSSR count). The van der Waals surface area contributed by atoms with E-state index < -0.39 is 11.7 Å². The number of amides is 1. The van der Waals surface area contributed by atoms with E-state index in [1.807, 2.05) is 0 Å². The standard InChI is InChI=1S/C14H17ClN2O2/c1-14(2,3)19-13(18)17-8-4-5-10-6-7-12(16)11(15)9-10/h6-7,9H,8,16H2,1-3H3,(H,17,18). The molecule has 102 valence electrons. The molecule has 0 unspecified atom stereocenters. The summed E-state index contributed by atoms with van der Waals surface area (Å²) in [5.41, 5.74) is 6.33. The number of carbonyl (C=O) groups is 1. The lowest BCUT2D eigenvalue weighted by Crippen LogP contribution is -2.32. The lowest BCUT2D eigenvalue weighted by Gasteiger charge is -2.18. The molecule has 0 atom stereocenters. The van der Waals surface area contributed by atoms with Gasteiger partial charge in [-0.25, -0.2) is 4.79 Å². The smallest absolute Gasteiger partial charge is 0.408 e. The van der Waals surface area contributed by atoms with E-state index in [9.17, 15) is 4.79 Å². The molecule has 0 fully saturated rings. The van der Waals surface area contributed by atoms with E-state index in [0.717, 1.165) is 5.56 Å². The van der Waals surface area contributed by atoms with E-state index in [1.54, 1.807) is 39.0 Å². The molecule has 1 aromatic rings. The zero-order valence-corrected chi connectivity index (χ0v) is 12.0. The second-order valence-electron chi connectivity index (χ2n) is 4.89. The minimum absolute atomic E-state index is 0.205. The van der Waals surface area contributed by atoms with Crippen LogP contribution in [0.4, 0.5) is 10.5 Å². The fourth-order valence-corrected chi connectivity index (χ4v) is 1.36. The molecule has 0 aliphatic heterocycles. The molecular formula is C14H17ClN2O2. The number of nitrogens with one attached hydrogen (secondary N) is 1. The summed E-state index contributed by atoms with van der Waals surface area (Å²) in [5, 5.41) is 3.01. The number of ether oxygens (including phenoxy) is 1. The predicted octanol–water partition coefficient (Wildman–Crippen LogP) is 2.80. The van der Waals surface area contributed by atoms with Gasteiger partial charge in [0.15, 0.2) is 0 Å². The number of hydrogen-bond acceptors (Lipinski definition) is 3. The Morgan fingerprint density at radius 1 is 1.47 bits per heavy atom. The number of alkyl carbamates (subject to hydrolysis) is 1. The maximum absolute atomic E-state index is 11.3. The summed E-state index contributed by atoms with van der Waals surface area (Å²) in [6.07, 6.45) is -0.489. The van der Waals surface area contributed by atoms with Crippen LogP contribution in [0.2, 0.25) is 5.02 Å². The number of nitrogen functional groups attached to an aromatic ring is 1. The molecule has 0 aliphatic rings. The van der Waals surface area contributed by atoms with E-state index in [2.05, 4.69) is 17.2 Å². The first-order chi connectivity index (χ1) is 8.78. The van der Waals surface area contributed by atoms with Gasteiger partial charge in [0.1, 0.15) is 5.60 Å². The number of nitrogens with two attached hydrogens (primary N) is 1. The van der Waals surface area contributed by atoms with Crippen LogP contribution < -0.4 is 11.1 Å². The van der Waals surface area contributed by atoms with Gasteiger partial charge in [-0.3, -0.25) is 0 Å². The van der Waals surface area contributed by atoms with Gasteiger partial charge in [-0.15, -0.1) is 0 Å². The SMILES string of the molecule is CC(C)(C)OC(=O)NCC#Cc1ccc(N)c(Cl)c1. The first kappa shape index (κ1) is 15.2. The summed E-state index contributed by atoms with van der Waals surface area (Å²) in [4.78, 5) is 11.3. The molecule has 4 nitrogen and oxygen atoms in total. The highest BCUT2D eigenvalue weighted by Crippen LogP contribution is 2.18. The molecule has 1 aromatic carbocycles. The van der Waals surface area contributed by atoms with Crippen molar-refractivity contribution >= 4 is 23.4 Å². The third-order valence-electron chi connectivity index (χ3n) is 1.95. The molecule has 1 amide bonds. The van der Waals surface area contributed by atoms with Gasteiger partial charge in [0.05, 0.1) is 17.3 Å². The van der Waals surface area contributed by atoms with Gasteiger partial charge in [0.2, 0.25) is 0 Å². The van der Waals surface area contributed by atoms with Crippen molar-refractivity contribution in [3.63, 3.8) is 0 Å². The lowest BCUT2D eigenvalue weighted by atomic mass is 10.2. The maximum atomic E-state index is 11.3. The molecule has 0 heterocycles. The van der Waals surface area contributed by atoms with Gasteiger partial charge in [-0.1, -0.05) is 23.4 Å². The topological polar surface area (TPSA) is 64.3 Å². The number of carbonyl (C=O) groups excluding carboxylic acids is 1. The average molecular weight is 281 g/mol. The largest absolute Gasteiger partial charge is 0.444 e. The van der Waals surface area contributed by atoms with Crippen LogP contribution in [0.3, 0.4) is 0 Å². The normalized spacial score (nSPS) is 10.3. The van der Waals surface area contributed by atoms with Crippen LogP contribution >= 0.6 is 11.6 Å². The first-order valence-corrected chi connectivity index (χ1v) is 6.16. The van der Waals surface area contributed by atoms with E-state index in [0.29, 0.717) is 10.7 Å². The van der Waals surface area contributed by atoms with Crippen LogP contribution in [0.25, 0.3) is 0 Å². The van der Waals surface area contributed by atoms with Gasteiger partial charge >= 0.3 is 6.09 Å². The van der Waals surface area contributed by atoms with E-state index >= 15 is 0 Å². The van der Waals surface area contributed by atoms with Gasteiger partial charge in [0, 0.05) is 5.56 Å². The summed E-state index contributed by atoms with van der Waals surface area (Å²) in [5.74, 6) is 5.67. The van der Waals surface area contributed by atoms with E-state index in [1.165, 1.54) is 0 Å². The number of hydrogen-bond donors (Lipinski definition) is 2. The highest BCUT2D eigenvalue weighted by atomic mass is 35.5. The molecule has 0 aliphatic carbocycles. The van der Waals surface area contributed by atoms with Crippen LogP contribution in [-0.2, 0) is 4.74 Å². The van der Waals surface area contributed by atoms with Gasteiger partial charge < -0.3 is 15.8 Å². The summed E-state index contributed by atoms with van der Waals surface area (Å²) in [7, 11) is 0. The van der Waals surface area contributed by atoms with E-state index in [4.69, 9.17) is 22.1 Å². The van der Waals surface area contributed by atoms with Crippen molar-refractivity contribution in [2.45, 2.75) is 26.4 Å². The number of halogens is 1. The number of benzene rings is 1. The van der Waals surface area contributed by atoms with Gasteiger partial charge in [-0.05, 0) is 39.0 Å². The van der Waals surface area contributed by atoms with Crippen LogP contribution in [0.1, 0.15) is 26.3 Å². The van der Waals surface area contributed by atoms with Gasteiger partial charge in [0.25, 0.3) is 0 Å². The van der Waals surface area contributed by atoms with Crippen molar-refractivity contribution in [3.8, 4) is 11.8 Å². The predicted molar refractivity (Wildman–Crippen MR) is 77.0 cm³/mol. The molecule has 5 heteroatoms. The van der Waals surface area contributed by atoms with Gasteiger partial charge in [-0.2, -0.15) is 0 Å². The second kappa shape index (κ2) is 6.35. The Morgan fingerprint density at radius 2 is 2.16 bits per heavy atom. The van der Waals surface area contributed by atoms with E-state index in [-0.39, 0.29) is 6.54 Å². The molecule has 0 radical (unpaired) electrons. The molecule has 19 heavy (non-hydrogen) atoms. The summed E-state index contributed by atoms with van der Waals surface area (Å²) in [6, 6.07) is 5.13. The fourth-order valence-electron chi connectivity index (χ4n) is 1.18. The van der Waals surface area contributed by atoms with Crippen molar-refractivity contribution in [2.75, 3.05) is 12.3 Å². The summed E-state index contributed by atoms with van der Waals surface area (Å²) < 4.78 is 5.07. The molecule has 3 N–H and O–H groups in total. The Morgan fingerprint density at radius 3 is 2.74 bits per heavy atom. The van der Waals surface area contributed by atoms with Crippen molar-refractivity contribution < 1.29 is 9.53 Å². The maximum Gasteiger partial charge on any atom is 0.408 e. The number of rotatable bonds is 1. The molecule has 0 bridgehead atoms. The molecule has 0 saturated heterocycles. The average Bonchev–Trinajstić information content (AvgIpc) is 2.27. The number of anilines is 1. The molecule has 0 aromatic heterocycles. The Balaban J connectivity index is 2.47. The van der Waals surface area contributed by atoms with Crippen LogP contribution in [0.15, 0.2) is 18.2 Å². The summed E-state index contributed by atoms with van der Waals surface area (Å²) >= 11 is 5.87. The first-order valence-electron chi connectivity index (χ1n) is 5.79. The van der Waals surface area contributed by atoms with Crippen molar-refractivity contribution in [1.82, 2.24) is 5.32 Å². The van der Waals surface area contributed by atoms with Crippen molar-refractivity contribution in [1.29, 1.82) is 0 Å². The Hall–Kier alpha value is -1.86. The molecule has 0 saturated carbocycles. The Kier molecular flexibility index (Phi) is 5.08. The Labute approximate surface area is 118 Å². The van der Waals surface area contributed by atoms with Crippen molar-refractivity contribution in [3.05, 3.63) is 28.8 Å². The third kappa shape index (κ3) is 6.03. The zero-order chi connectivity index (χ0) is 14.5. The highest BCUT2D eigenvalue weighted by molar-refractivity contribution is 6.33. The zero-order valence-electron chi connectivity index (χ0n) is 11.2. The van der Waals surface area contributed by atoms with Crippen LogP contribution in [0, 0.1) is 11.8 Å². The molecule has 0 spiro atoms. The van der Waals surface area contributed by atoms with Crippen LogP contribution in [-0.4, -0.2) is 18.2 Å². The minimum Gasteiger partial charge on any atom is -0.444 e. The quantitative estimate of drug-likeness (QED) is 0.614. The summed E-state index contributed by atoms with van der Waals surface area (Å²) in [6.45, 7) is 5.61. The Bertz CT molecular complexity index is 524. The highest BCUT2D eigenvalue weighted by Gasteiger charge is 2.14. The fraction of sp³-hybridized carbons (Fsp3) is 0.357. The molecular weight excluding hydrogens is 264 g/mol.